The van der Waals surface area contributed by atoms with Crippen molar-refractivity contribution in [2.75, 3.05) is 0 Å². The van der Waals surface area contributed by atoms with Crippen LogP contribution >= 0.6 is 0 Å². The van der Waals surface area contributed by atoms with Crippen molar-refractivity contribution in [1.82, 2.24) is 0 Å². The first-order valence-electron chi connectivity index (χ1n) is 22.3. The third-order valence-electron chi connectivity index (χ3n) is 14.3. The van der Waals surface area contributed by atoms with Crippen LogP contribution < -0.4 is 0 Å². The summed E-state index contributed by atoms with van der Waals surface area (Å²) in [5, 5.41) is 21.3. The minimum Gasteiger partial charge on any atom is -0.0617 e. The lowest BCUT2D eigenvalue weighted by atomic mass is 9.81. The van der Waals surface area contributed by atoms with Gasteiger partial charge in [0, 0.05) is 0 Å². The lowest BCUT2D eigenvalue weighted by Crippen LogP contribution is -2.11. The Morgan fingerprint density at radius 2 is 0.726 bits per heavy atom. The number of benzene rings is 10. The molecule has 0 aliphatic rings. The Balaban J connectivity index is 1.19. The van der Waals surface area contributed by atoms with E-state index in [2.05, 4.69) is 213 Å². The molecule has 0 N–H and O–H groups in total. The van der Waals surface area contributed by atoms with Gasteiger partial charge in [0.1, 0.15) is 0 Å². The van der Waals surface area contributed by atoms with Crippen LogP contribution in [-0.2, 0) is 10.8 Å². The van der Waals surface area contributed by atoms with Crippen LogP contribution in [-0.4, -0.2) is 0 Å². The summed E-state index contributed by atoms with van der Waals surface area (Å²) in [6.45, 7) is 18.4. The van der Waals surface area contributed by atoms with E-state index in [4.69, 9.17) is 0 Å². The van der Waals surface area contributed by atoms with Gasteiger partial charge in [-0.15, -0.1) is 0 Å². The van der Waals surface area contributed by atoms with Crippen LogP contribution in [0.2, 0.25) is 0 Å². The highest BCUT2D eigenvalue weighted by Crippen LogP contribution is 2.50. The molecule has 0 aromatic heterocycles. The maximum absolute atomic E-state index is 2.55. The van der Waals surface area contributed by atoms with Crippen LogP contribution in [0, 0.1) is 13.8 Å². The zero-order valence-electron chi connectivity index (χ0n) is 37.0. The normalized spacial score (nSPS) is 12.8. The molecule has 0 heteroatoms. The molecule has 0 spiro atoms. The fourth-order valence-electron chi connectivity index (χ4n) is 11.2. The molecule has 0 bridgehead atoms. The number of hydrogen-bond acceptors (Lipinski definition) is 0. The summed E-state index contributed by atoms with van der Waals surface area (Å²) in [4.78, 5) is 0. The zero-order valence-corrected chi connectivity index (χ0v) is 37.0. The monoisotopic (exact) mass is 794 g/mol. The molecule has 0 unspecified atom stereocenters. The number of hydrogen-bond donors (Lipinski definition) is 0. The zero-order chi connectivity index (χ0) is 42.4. The van der Waals surface area contributed by atoms with E-state index >= 15 is 0 Å². The quantitative estimate of drug-likeness (QED) is 0.156. The maximum Gasteiger partial charge on any atom is -0.00199 e. The average Bonchev–Trinajstić information content (AvgIpc) is 3.76. The van der Waals surface area contributed by atoms with Crippen LogP contribution in [0.5, 0.6) is 0 Å². The van der Waals surface area contributed by atoms with Gasteiger partial charge in [-0.2, -0.15) is 0 Å². The van der Waals surface area contributed by atoms with E-state index in [0.717, 1.165) is 0 Å². The second-order valence-electron chi connectivity index (χ2n) is 20.2. The summed E-state index contributed by atoms with van der Waals surface area (Å²) in [7, 11) is 0. The average molecular weight is 795 g/mol. The maximum atomic E-state index is 2.55. The Labute approximate surface area is 364 Å². The summed E-state index contributed by atoms with van der Waals surface area (Å²) in [6.07, 6.45) is 0. The van der Waals surface area contributed by atoms with Gasteiger partial charge < -0.3 is 0 Å². The number of aryl methyl sites for hydroxylation is 2. The molecule has 12 aromatic rings. The van der Waals surface area contributed by atoms with Crippen molar-refractivity contribution in [2.24, 2.45) is 0 Å². The molecule has 0 aliphatic heterocycles. The Morgan fingerprint density at radius 3 is 1.39 bits per heavy atom. The second kappa shape index (κ2) is 12.9. The van der Waals surface area contributed by atoms with Crippen LogP contribution in [0.15, 0.2) is 158 Å². The van der Waals surface area contributed by atoms with Crippen molar-refractivity contribution in [3.8, 4) is 33.4 Å². The smallest absolute Gasteiger partial charge is 0.00199 e. The molecule has 0 aliphatic carbocycles. The SMILES string of the molecule is Cc1cccc(C)c1-c1cc2c(cc3c4ccccc4c4cccc2c43)c2cc3c(cc12)c1ccc(-c2cc(C(C)(C)C)ccc2-c2ccc(C(C)(C)C)cc2)c2cccc3c21. The van der Waals surface area contributed by atoms with E-state index in [1.54, 1.807) is 0 Å². The summed E-state index contributed by atoms with van der Waals surface area (Å²) >= 11 is 0. The van der Waals surface area contributed by atoms with Crippen molar-refractivity contribution in [3.63, 3.8) is 0 Å². The lowest BCUT2D eigenvalue weighted by Gasteiger charge is -2.23. The predicted molar refractivity (Wildman–Crippen MR) is 272 cm³/mol. The van der Waals surface area contributed by atoms with Gasteiger partial charge in [0.15, 0.2) is 0 Å². The van der Waals surface area contributed by atoms with Crippen LogP contribution in [0.4, 0.5) is 0 Å². The van der Waals surface area contributed by atoms with Gasteiger partial charge in [-0.05, 0) is 197 Å². The van der Waals surface area contributed by atoms with Gasteiger partial charge in [-0.3, -0.25) is 0 Å². The van der Waals surface area contributed by atoms with Crippen molar-refractivity contribution in [3.05, 3.63) is 180 Å². The molecule has 0 atom stereocenters. The van der Waals surface area contributed by atoms with Gasteiger partial charge in [0.25, 0.3) is 0 Å². The van der Waals surface area contributed by atoms with Gasteiger partial charge in [-0.25, -0.2) is 0 Å². The number of fused-ring (bicyclic) bond motifs is 10. The summed E-state index contributed by atoms with van der Waals surface area (Å²) < 4.78 is 0. The fraction of sp³-hybridized carbons (Fsp3) is 0.161. The standard InChI is InChI=1S/C62H50/c1-35-14-11-15-36(2)58(35)57-33-52-47-21-12-18-44-41-16-9-10-17-42(41)56(60(44)47)34-54(52)53-31-50-46-20-13-19-45-43(28-29-48(59(45)46)51(50)32-55(53)57)49-30-39(62(6,7)8)26-27-40(49)37-22-24-38(25-23-37)61(3,4)5/h9-34H,1-8H3. The van der Waals surface area contributed by atoms with E-state index in [-0.39, 0.29) is 10.8 Å². The Kier molecular flexibility index (Phi) is 7.70. The molecule has 0 radical (unpaired) electrons. The van der Waals surface area contributed by atoms with E-state index in [1.807, 2.05) is 0 Å². The Morgan fingerprint density at radius 1 is 0.274 bits per heavy atom. The summed E-state index contributed by atoms with van der Waals surface area (Å²) in [5.41, 5.74) is 13.2. The van der Waals surface area contributed by atoms with Gasteiger partial charge in [0.2, 0.25) is 0 Å². The third kappa shape index (κ3) is 5.26. The summed E-state index contributed by atoms with van der Waals surface area (Å²) in [5.74, 6) is 0. The molecule has 12 aromatic carbocycles. The molecule has 0 saturated carbocycles. The van der Waals surface area contributed by atoms with Crippen molar-refractivity contribution < 1.29 is 0 Å². The largest absolute Gasteiger partial charge is 0.0617 e. The van der Waals surface area contributed by atoms with E-state index < -0.39 is 0 Å². The molecular weight excluding hydrogens is 745 g/mol. The first kappa shape index (κ1) is 37.0. The molecule has 298 valence electrons. The molecule has 0 nitrogen and oxygen atoms in total. The molecule has 62 heavy (non-hydrogen) atoms. The minimum absolute atomic E-state index is 0.0127. The van der Waals surface area contributed by atoms with Crippen molar-refractivity contribution in [1.29, 1.82) is 0 Å². The third-order valence-corrected chi connectivity index (χ3v) is 14.3. The topological polar surface area (TPSA) is 0 Å². The molecule has 0 amide bonds. The van der Waals surface area contributed by atoms with Crippen LogP contribution in [0.25, 0.3) is 120 Å². The highest BCUT2D eigenvalue weighted by molar-refractivity contribution is 6.39. The highest BCUT2D eigenvalue weighted by atomic mass is 14.3. The summed E-state index contributed by atoms with van der Waals surface area (Å²) in [6, 6.07) is 61.0. The first-order chi connectivity index (χ1) is 29.8. The highest BCUT2D eigenvalue weighted by Gasteiger charge is 2.24. The molecule has 0 saturated heterocycles. The molecule has 0 heterocycles. The van der Waals surface area contributed by atoms with Crippen molar-refractivity contribution in [2.45, 2.75) is 66.2 Å². The van der Waals surface area contributed by atoms with Crippen LogP contribution in [0.1, 0.15) is 63.8 Å². The molecule has 0 fully saturated rings. The van der Waals surface area contributed by atoms with Gasteiger partial charge in [-0.1, -0.05) is 169 Å². The van der Waals surface area contributed by atoms with Gasteiger partial charge in [0.05, 0.1) is 0 Å². The fourth-order valence-corrected chi connectivity index (χ4v) is 11.2. The second-order valence-corrected chi connectivity index (χ2v) is 20.2. The Hall–Kier alpha value is -6.76. The number of rotatable bonds is 3. The molecular formula is C62H50. The van der Waals surface area contributed by atoms with Gasteiger partial charge >= 0.3 is 0 Å². The minimum atomic E-state index is 0.0127. The molecule has 12 rings (SSSR count). The van der Waals surface area contributed by atoms with E-state index in [0.29, 0.717) is 0 Å². The van der Waals surface area contributed by atoms with E-state index in [9.17, 15) is 0 Å². The first-order valence-corrected chi connectivity index (χ1v) is 22.3. The lowest BCUT2D eigenvalue weighted by molar-refractivity contribution is 0.590. The van der Waals surface area contributed by atoms with Crippen molar-refractivity contribution >= 4 is 86.2 Å². The Bertz CT molecular complexity index is 3790. The van der Waals surface area contributed by atoms with Crippen LogP contribution in [0.3, 0.4) is 0 Å². The predicted octanol–water partition coefficient (Wildman–Crippen LogP) is 18.0. The van der Waals surface area contributed by atoms with E-state index in [1.165, 1.54) is 142 Å².